The maximum absolute atomic E-state index is 13.1. The number of benzene rings is 3. The van der Waals surface area contributed by atoms with Crippen LogP contribution in [0.25, 0.3) is 0 Å². The highest BCUT2D eigenvalue weighted by atomic mass is 79.9. The molecular formula is C27H27BrClN5O6S. The molecule has 11 nitrogen and oxygen atoms in total. The van der Waals surface area contributed by atoms with Crippen LogP contribution in [0.5, 0.6) is 11.5 Å². The van der Waals surface area contributed by atoms with Gasteiger partial charge in [0.2, 0.25) is 11.8 Å². The second-order valence-corrected chi connectivity index (χ2v) is 12.2. The molecule has 1 saturated heterocycles. The fourth-order valence-corrected chi connectivity index (χ4v) is 5.89. The minimum Gasteiger partial charge on any atom is -0.454 e. The van der Waals surface area contributed by atoms with Crippen molar-refractivity contribution in [2.75, 3.05) is 24.4 Å². The number of primary amides is 1. The minimum atomic E-state index is -4.03. The van der Waals surface area contributed by atoms with Gasteiger partial charge < -0.3 is 15.4 Å². The monoisotopic (exact) mass is 663 g/mol. The summed E-state index contributed by atoms with van der Waals surface area (Å²) in [5.74, 6) is -0.778. The van der Waals surface area contributed by atoms with Crippen LogP contribution in [0.3, 0.4) is 0 Å². The Labute approximate surface area is 250 Å². The number of anilines is 1. The molecule has 0 aromatic heterocycles. The predicted molar refractivity (Wildman–Crippen MR) is 157 cm³/mol. The van der Waals surface area contributed by atoms with Crippen molar-refractivity contribution < 1.29 is 27.5 Å². The number of hydrogen-bond donors (Lipinski definition) is 4. The van der Waals surface area contributed by atoms with E-state index in [1.165, 1.54) is 24.3 Å². The van der Waals surface area contributed by atoms with Crippen molar-refractivity contribution in [1.29, 1.82) is 0 Å². The normalized spacial score (nSPS) is 13.9. The molecule has 0 bridgehead atoms. The number of likely N-dealkylation sites (tertiary alicyclic amines) is 1. The average molecular weight is 665 g/mol. The van der Waals surface area contributed by atoms with E-state index in [-0.39, 0.29) is 46.2 Å². The van der Waals surface area contributed by atoms with Crippen LogP contribution in [0.15, 0.2) is 76.1 Å². The van der Waals surface area contributed by atoms with Gasteiger partial charge in [-0.1, -0.05) is 39.7 Å². The zero-order valence-electron chi connectivity index (χ0n) is 21.6. The lowest BCUT2D eigenvalue weighted by Crippen LogP contribution is -2.48. The van der Waals surface area contributed by atoms with Crippen LogP contribution < -0.4 is 26.0 Å². The Morgan fingerprint density at radius 1 is 1.00 bits per heavy atom. The Hall–Kier alpha value is -3.65. The summed E-state index contributed by atoms with van der Waals surface area (Å²) in [4.78, 5) is 37.7. The Balaban J connectivity index is 1.33. The molecule has 1 aliphatic rings. The molecule has 0 unspecified atom stereocenters. The van der Waals surface area contributed by atoms with Crippen molar-refractivity contribution in [1.82, 2.24) is 15.8 Å². The largest absolute Gasteiger partial charge is 0.454 e. The zero-order chi connectivity index (χ0) is 29.6. The van der Waals surface area contributed by atoms with Gasteiger partial charge in [-0.2, -0.15) is 0 Å². The Kier molecular flexibility index (Phi) is 9.86. The summed E-state index contributed by atoms with van der Waals surface area (Å²) in [5.41, 5.74) is 10.7. The minimum absolute atomic E-state index is 0.0759. The summed E-state index contributed by atoms with van der Waals surface area (Å²) < 4.78 is 35.3. The number of nitrogens with zero attached hydrogens (tertiary/aromatic N) is 1. The molecule has 0 atom stereocenters. The molecule has 1 fully saturated rings. The molecule has 0 saturated carbocycles. The first kappa shape index (κ1) is 30.3. The number of carbonyl (C=O) groups excluding carboxylic acids is 3. The molecule has 0 aliphatic carbocycles. The maximum atomic E-state index is 13.1. The number of sulfonamides is 1. The third kappa shape index (κ3) is 7.97. The van der Waals surface area contributed by atoms with Gasteiger partial charge >= 0.3 is 0 Å². The summed E-state index contributed by atoms with van der Waals surface area (Å²) in [6, 6.07) is 16.8. The molecule has 1 aliphatic heterocycles. The van der Waals surface area contributed by atoms with Gasteiger partial charge in [-0.05, 0) is 67.4 Å². The topological polar surface area (TPSA) is 160 Å². The fraction of sp³-hybridized carbons (Fsp3) is 0.222. The van der Waals surface area contributed by atoms with Gasteiger partial charge in [-0.3, -0.25) is 24.5 Å². The molecule has 3 amide bonds. The third-order valence-corrected chi connectivity index (χ3v) is 8.53. The molecule has 1 heterocycles. The molecule has 5 N–H and O–H groups in total. The highest BCUT2D eigenvalue weighted by Crippen LogP contribution is 2.35. The van der Waals surface area contributed by atoms with E-state index < -0.39 is 15.9 Å². The van der Waals surface area contributed by atoms with Gasteiger partial charge in [0.15, 0.2) is 5.75 Å². The van der Waals surface area contributed by atoms with Crippen molar-refractivity contribution in [2.24, 2.45) is 11.7 Å². The Morgan fingerprint density at radius 3 is 2.34 bits per heavy atom. The van der Waals surface area contributed by atoms with Crippen molar-refractivity contribution in [3.05, 3.63) is 81.8 Å². The lowest BCUT2D eigenvalue weighted by atomic mass is 9.96. The smallest absolute Gasteiger partial charge is 0.265 e. The van der Waals surface area contributed by atoms with Gasteiger partial charge in [-0.25, -0.2) is 13.8 Å². The van der Waals surface area contributed by atoms with Gasteiger partial charge in [0.1, 0.15) is 5.75 Å². The number of halogens is 2. The van der Waals surface area contributed by atoms with E-state index in [0.29, 0.717) is 36.7 Å². The first-order valence-electron chi connectivity index (χ1n) is 12.5. The molecule has 0 radical (unpaired) electrons. The number of rotatable bonds is 10. The summed E-state index contributed by atoms with van der Waals surface area (Å²) in [7, 11) is -4.03. The van der Waals surface area contributed by atoms with Crippen LogP contribution in [0.4, 0.5) is 5.69 Å². The number of nitrogens with two attached hydrogens (primary N) is 1. The third-order valence-electron chi connectivity index (χ3n) is 6.36. The predicted octanol–water partition coefficient (Wildman–Crippen LogP) is 3.65. The SMILES string of the molecule is NC(=O)C1CCN(C(=O)CNNC(=O)c2ccc(S(=O)(=O)Nc3ccccc3Oc3ccc(Br)cc3Cl)cc2)CC1. The quantitative estimate of drug-likeness (QED) is 0.241. The molecule has 0 spiro atoms. The number of hydrogen-bond acceptors (Lipinski definition) is 7. The lowest BCUT2D eigenvalue weighted by Gasteiger charge is -2.30. The molecule has 3 aromatic carbocycles. The Bertz CT molecular complexity index is 1550. The van der Waals surface area contributed by atoms with E-state index >= 15 is 0 Å². The number of para-hydroxylation sites is 2. The van der Waals surface area contributed by atoms with Crippen LogP contribution in [0.2, 0.25) is 5.02 Å². The number of nitrogens with one attached hydrogen (secondary N) is 3. The number of carbonyl (C=O) groups is 3. The van der Waals surface area contributed by atoms with Crippen LogP contribution in [-0.4, -0.2) is 50.7 Å². The molecule has 41 heavy (non-hydrogen) atoms. The summed E-state index contributed by atoms with van der Waals surface area (Å²) in [6.45, 7) is 0.692. The average Bonchev–Trinajstić information content (AvgIpc) is 2.95. The van der Waals surface area contributed by atoms with Crippen LogP contribution in [0.1, 0.15) is 23.2 Å². The van der Waals surface area contributed by atoms with Crippen molar-refractivity contribution in [2.45, 2.75) is 17.7 Å². The summed E-state index contributed by atoms with van der Waals surface area (Å²) in [5, 5.41) is 0.342. The second-order valence-electron chi connectivity index (χ2n) is 9.17. The van der Waals surface area contributed by atoms with E-state index in [0.717, 1.165) is 4.47 Å². The lowest BCUT2D eigenvalue weighted by molar-refractivity contribution is -0.134. The summed E-state index contributed by atoms with van der Waals surface area (Å²) >= 11 is 9.56. The molecule has 3 aromatic rings. The van der Waals surface area contributed by atoms with E-state index in [1.807, 2.05) is 0 Å². The first-order chi connectivity index (χ1) is 19.5. The fourth-order valence-electron chi connectivity index (χ4n) is 4.10. The van der Waals surface area contributed by atoms with Crippen molar-refractivity contribution >= 4 is 61.0 Å². The van der Waals surface area contributed by atoms with Gasteiger partial charge in [0.25, 0.3) is 15.9 Å². The summed E-state index contributed by atoms with van der Waals surface area (Å²) in [6.07, 6.45) is 1.02. The van der Waals surface area contributed by atoms with Gasteiger partial charge in [0.05, 0.1) is 22.2 Å². The second kappa shape index (κ2) is 13.3. The number of ether oxygens (including phenoxy) is 1. The van der Waals surface area contributed by atoms with E-state index in [9.17, 15) is 22.8 Å². The van der Waals surface area contributed by atoms with E-state index in [2.05, 4.69) is 31.5 Å². The van der Waals surface area contributed by atoms with Crippen LogP contribution in [-0.2, 0) is 19.6 Å². The van der Waals surface area contributed by atoms with E-state index in [4.69, 9.17) is 22.1 Å². The highest BCUT2D eigenvalue weighted by Gasteiger charge is 2.25. The van der Waals surface area contributed by atoms with Crippen LogP contribution >= 0.6 is 27.5 Å². The molecule has 4 rings (SSSR count). The molecular weight excluding hydrogens is 638 g/mol. The molecule has 216 valence electrons. The first-order valence-corrected chi connectivity index (χ1v) is 15.1. The maximum Gasteiger partial charge on any atom is 0.265 e. The standard InChI is InChI=1S/C27H27BrClN5O6S/c28-19-7-10-23(21(29)15-19)40-24-4-2-1-3-22(24)33-41(38,39)20-8-5-18(6-9-20)27(37)32-31-16-25(35)34-13-11-17(12-14-34)26(30)36/h1-10,15,17,31,33H,11-14,16H2,(H2,30,36)(H,32,37). The van der Waals surface area contributed by atoms with E-state index in [1.54, 1.807) is 47.4 Å². The number of amides is 3. The van der Waals surface area contributed by atoms with Crippen molar-refractivity contribution in [3.8, 4) is 11.5 Å². The van der Waals surface area contributed by atoms with Gasteiger partial charge in [0, 0.05) is 29.0 Å². The van der Waals surface area contributed by atoms with Gasteiger partial charge in [-0.15, -0.1) is 0 Å². The van der Waals surface area contributed by atoms with Crippen molar-refractivity contribution in [3.63, 3.8) is 0 Å². The number of piperidine rings is 1. The van der Waals surface area contributed by atoms with Crippen LogP contribution in [0, 0.1) is 5.92 Å². The highest BCUT2D eigenvalue weighted by molar-refractivity contribution is 9.10. The molecule has 14 heteroatoms. The Morgan fingerprint density at radius 2 is 1.68 bits per heavy atom. The number of hydrazine groups is 1. The zero-order valence-corrected chi connectivity index (χ0v) is 24.8.